The van der Waals surface area contributed by atoms with E-state index < -0.39 is 5.54 Å². The number of carbonyl (C=O) groups excluding carboxylic acids is 1. The number of ether oxygens (including phenoxy) is 1. The molecule has 0 bridgehead atoms. The maximum Gasteiger partial charge on any atom is 0.240 e. The first-order valence-corrected chi connectivity index (χ1v) is 7.76. The Labute approximate surface area is 127 Å². The van der Waals surface area contributed by atoms with Crippen molar-refractivity contribution in [1.82, 2.24) is 5.32 Å². The number of amides is 1. The van der Waals surface area contributed by atoms with Crippen molar-refractivity contribution < 1.29 is 9.53 Å². The lowest BCUT2D eigenvalue weighted by molar-refractivity contribution is -0.126. The second-order valence-electron chi connectivity index (χ2n) is 6.12. The van der Waals surface area contributed by atoms with E-state index in [1.54, 1.807) is 7.11 Å². The highest BCUT2D eigenvalue weighted by Crippen LogP contribution is 2.27. The Morgan fingerprint density at radius 1 is 1.33 bits per heavy atom. The van der Waals surface area contributed by atoms with Crippen LogP contribution in [0.2, 0.25) is 0 Å². The second-order valence-corrected chi connectivity index (χ2v) is 6.12. The predicted molar refractivity (Wildman–Crippen MR) is 84.3 cm³/mol. The number of aryl methyl sites for hydroxylation is 1. The molecule has 1 aromatic carbocycles. The fraction of sp³-hybridized carbons (Fsp3) is 0.588. The molecule has 4 nitrogen and oxygen atoms in total. The Morgan fingerprint density at radius 2 is 1.95 bits per heavy atom. The second kappa shape index (κ2) is 6.94. The predicted octanol–water partition coefficient (Wildman–Crippen LogP) is 2.40. The summed E-state index contributed by atoms with van der Waals surface area (Å²) in [4.78, 5) is 12.2. The molecule has 1 aliphatic rings. The first-order valence-electron chi connectivity index (χ1n) is 7.76. The van der Waals surface area contributed by atoms with Gasteiger partial charge in [-0.3, -0.25) is 4.79 Å². The monoisotopic (exact) mass is 290 g/mol. The summed E-state index contributed by atoms with van der Waals surface area (Å²) in [7, 11) is 1.66. The summed E-state index contributed by atoms with van der Waals surface area (Å²) in [5.41, 5.74) is 6.78. The van der Waals surface area contributed by atoms with Crippen LogP contribution in [0.5, 0.6) is 5.75 Å². The molecule has 4 heteroatoms. The van der Waals surface area contributed by atoms with Crippen molar-refractivity contribution >= 4 is 5.91 Å². The number of hydrogen-bond acceptors (Lipinski definition) is 3. The first-order chi connectivity index (χ1) is 10.0. The molecule has 2 rings (SSSR count). The average Bonchev–Trinajstić information content (AvgIpc) is 2.94. The summed E-state index contributed by atoms with van der Waals surface area (Å²) < 4.78 is 5.14. The van der Waals surface area contributed by atoms with E-state index in [0.717, 1.165) is 44.3 Å². The van der Waals surface area contributed by atoms with Crippen molar-refractivity contribution in [2.45, 2.75) is 57.0 Å². The molecule has 1 saturated carbocycles. The Bertz CT molecular complexity index is 464. The SMILES string of the molecule is COc1ccc(CCC(C)NC(=O)C2(N)CCCC2)cc1. The van der Waals surface area contributed by atoms with Crippen LogP contribution in [0.4, 0.5) is 0 Å². The van der Waals surface area contributed by atoms with Crippen LogP contribution >= 0.6 is 0 Å². The number of methoxy groups -OCH3 is 1. The molecule has 0 aliphatic heterocycles. The Hall–Kier alpha value is -1.55. The third-order valence-corrected chi connectivity index (χ3v) is 4.35. The van der Waals surface area contributed by atoms with Gasteiger partial charge in [0.25, 0.3) is 0 Å². The van der Waals surface area contributed by atoms with E-state index in [9.17, 15) is 4.79 Å². The lowest BCUT2D eigenvalue weighted by Gasteiger charge is -2.25. The largest absolute Gasteiger partial charge is 0.497 e. The van der Waals surface area contributed by atoms with Gasteiger partial charge in [0.1, 0.15) is 5.75 Å². The van der Waals surface area contributed by atoms with E-state index >= 15 is 0 Å². The number of nitrogens with two attached hydrogens (primary N) is 1. The van der Waals surface area contributed by atoms with Gasteiger partial charge in [0.05, 0.1) is 12.6 Å². The van der Waals surface area contributed by atoms with Crippen molar-refractivity contribution in [1.29, 1.82) is 0 Å². The Morgan fingerprint density at radius 3 is 2.52 bits per heavy atom. The summed E-state index contributed by atoms with van der Waals surface area (Å²) in [5.74, 6) is 0.883. The molecule has 0 aromatic heterocycles. The zero-order valence-electron chi connectivity index (χ0n) is 13.0. The lowest BCUT2D eigenvalue weighted by atomic mass is 9.97. The number of nitrogens with one attached hydrogen (secondary N) is 1. The van der Waals surface area contributed by atoms with Crippen molar-refractivity contribution in [2.24, 2.45) is 5.73 Å². The van der Waals surface area contributed by atoms with Crippen LogP contribution in [0.1, 0.15) is 44.6 Å². The van der Waals surface area contributed by atoms with Gasteiger partial charge in [-0.15, -0.1) is 0 Å². The van der Waals surface area contributed by atoms with Crippen molar-refractivity contribution in [3.05, 3.63) is 29.8 Å². The summed E-state index contributed by atoms with van der Waals surface area (Å²) in [6.07, 6.45) is 5.58. The average molecular weight is 290 g/mol. The number of carbonyl (C=O) groups is 1. The third kappa shape index (κ3) is 4.21. The fourth-order valence-corrected chi connectivity index (χ4v) is 2.85. The Balaban J connectivity index is 1.78. The highest BCUT2D eigenvalue weighted by molar-refractivity contribution is 5.86. The first kappa shape index (κ1) is 15.8. The topological polar surface area (TPSA) is 64.3 Å². The van der Waals surface area contributed by atoms with E-state index in [1.165, 1.54) is 5.56 Å². The van der Waals surface area contributed by atoms with Crippen LogP contribution in [0, 0.1) is 0 Å². The molecule has 0 spiro atoms. The van der Waals surface area contributed by atoms with E-state index in [1.807, 2.05) is 19.1 Å². The number of rotatable bonds is 6. The molecule has 1 fully saturated rings. The zero-order chi connectivity index (χ0) is 15.3. The smallest absolute Gasteiger partial charge is 0.240 e. The Kier molecular flexibility index (Phi) is 5.23. The molecule has 21 heavy (non-hydrogen) atoms. The van der Waals surface area contributed by atoms with Crippen LogP contribution in [0.25, 0.3) is 0 Å². The highest BCUT2D eigenvalue weighted by Gasteiger charge is 2.37. The molecule has 0 saturated heterocycles. The molecule has 116 valence electrons. The summed E-state index contributed by atoms with van der Waals surface area (Å²) in [5, 5.41) is 3.07. The normalized spacial score (nSPS) is 18.2. The lowest BCUT2D eigenvalue weighted by Crippen LogP contribution is -2.54. The van der Waals surface area contributed by atoms with Gasteiger partial charge in [-0.2, -0.15) is 0 Å². The molecule has 0 heterocycles. The van der Waals surface area contributed by atoms with E-state index in [0.29, 0.717) is 0 Å². The van der Waals surface area contributed by atoms with Gasteiger partial charge < -0.3 is 15.8 Å². The molecule has 1 atom stereocenters. The van der Waals surface area contributed by atoms with E-state index in [2.05, 4.69) is 17.4 Å². The molecule has 3 N–H and O–H groups in total. The minimum absolute atomic E-state index is 0.0160. The van der Waals surface area contributed by atoms with Gasteiger partial charge in [0.15, 0.2) is 0 Å². The number of benzene rings is 1. The van der Waals surface area contributed by atoms with Crippen LogP contribution < -0.4 is 15.8 Å². The van der Waals surface area contributed by atoms with Crippen LogP contribution in [-0.4, -0.2) is 24.6 Å². The van der Waals surface area contributed by atoms with Gasteiger partial charge in [-0.1, -0.05) is 25.0 Å². The summed E-state index contributed by atoms with van der Waals surface area (Å²) in [6.45, 7) is 2.04. The van der Waals surface area contributed by atoms with Crippen LogP contribution in [-0.2, 0) is 11.2 Å². The van der Waals surface area contributed by atoms with Crippen molar-refractivity contribution in [3.63, 3.8) is 0 Å². The molecular weight excluding hydrogens is 264 g/mol. The summed E-state index contributed by atoms with van der Waals surface area (Å²) >= 11 is 0. The third-order valence-electron chi connectivity index (χ3n) is 4.35. The summed E-state index contributed by atoms with van der Waals surface area (Å²) in [6, 6.07) is 8.20. The molecule has 1 aliphatic carbocycles. The minimum Gasteiger partial charge on any atom is -0.497 e. The van der Waals surface area contributed by atoms with Crippen LogP contribution in [0.15, 0.2) is 24.3 Å². The van der Waals surface area contributed by atoms with Crippen LogP contribution in [0.3, 0.4) is 0 Å². The molecule has 1 amide bonds. The maximum absolute atomic E-state index is 12.2. The van der Waals surface area contributed by atoms with E-state index in [4.69, 9.17) is 10.5 Å². The molecule has 1 aromatic rings. The van der Waals surface area contributed by atoms with Crippen molar-refractivity contribution in [3.8, 4) is 5.75 Å². The minimum atomic E-state index is -0.631. The molecule has 0 radical (unpaired) electrons. The van der Waals surface area contributed by atoms with E-state index in [-0.39, 0.29) is 11.9 Å². The van der Waals surface area contributed by atoms with Crippen molar-refractivity contribution in [2.75, 3.05) is 7.11 Å². The highest BCUT2D eigenvalue weighted by atomic mass is 16.5. The zero-order valence-corrected chi connectivity index (χ0v) is 13.0. The number of hydrogen-bond donors (Lipinski definition) is 2. The fourth-order valence-electron chi connectivity index (χ4n) is 2.85. The quantitative estimate of drug-likeness (QED) is 0.845. The molecule has 1 unspecified atom stereocenters. The van der Waals surface area contributed by atoms with Gasteiger partial charge in [0.2, 0.25) is 5.91 Å². The molecular formula is C17H26N2O2. The maximum atomic E-state index is 12.2. The van der Waals surface area contributed by atoms with Gasteiger partial charge in [0, 0.05) is 6.04 Å². The van der Waals surface area contributed by atoms with Gasteiger partial charge >= 0.3 is 0 Å². The van der Waals surface area contributed by atoms with Gasteiger partial charge in [-0.25, -0.2) is 0 Å². The standard InChI is InChI=1S/C17H26N2O2/c1-13(19-16(20)17(18)11-3-4-12-17)5-6-14-7-9-15(21-2)10-8-14/h7-10,13H,3-6,11-12,18H2,1-2H3,(H,19,20). The van der Waals surface area contributed by atoms with Gasteiger partial charge in [-0.05, 0) is 50.3 Å².